The second-order valence-electron chi connectivity index (χ2n) is 5.31. The van der Waals surface area contributed by atoms with E-state index in [1.54, 1.807) is 49.4 Å². The molecule has 0 saturated heterocycles. The van der Waals surface area contributed by atoms with Gasteiger partial charge in [0.1, 0.15) is 0 Å². The van der Waals surface area contributed by atoms with E-state index in [2.05, 4.69) is 15.5 Å². The van der Waals surface area contributed by atoms with Crippen LogP contribution in [0, 0.1) is 0 Å². The summed E-state index contributed by atoms with van der Waals surface area (Å²) in [5.41, 5.74) is 0.557. The van der Waals surface area contributed by atoms with Crippen molar-refractivity contribution in [3.63, 3.8) is 0 Å². The zero-order valence-corrected chi connectivity index (χ0v) is 14.2. The van der Waals surface area contributed by atoms with Gasteiger partial charge in [-0.25, -0.2) is 5.10 Å². The van der Waals surface area contributed by atoms with Gasteiger partial charge >= 0.3 is 0 Å². The molecule has 24 heavy (non-hydrogen) atoms. The highest BCUT2D eigenvalue weighted by Crippen LogP contribution is 2.26. The molecule has 1 amide bonds. The minimum absolute atomic E-state index is 0.155. The summed E-state index contributed by atoms with van der Waals surface area (Å²) < 4.78 is 0. The van der Waals surface area contributed by atoms with Gasteiger partial charge in [-0.1, -0.05) is 47.5 Å². The van der Waals surface area contributed by atoms with Crippen LogP contribution in [0.2, 0.25) is 10.0 Å². The van der Waals surface area contributed by atoms with Gasteiger partial charge in [0.25, 0.3) is 11.5 Å². The summed E-state index contributed by atoms with van der Waals surface area (Å²) in [6.45, 7) is 1.81. The maximum Gasteiger partial charge on any atom is 0.272 e. The number of halogens is 2. The number of carbonyl (C=O) groups excluding carboxylic acids is 1. The Morgan fingerprint density at radius 2 is 1.88 bits per heavy atom. The van der Waals surface area contributed by atoms with Crippen LogP contribution in [0.3, 0.4) is 0 Å². The number of fused-ring (bicyclic) bond motifs is 1. The number of nitrogens with zero attached hydrogens (tertiary/aromatic N) is 1. The van der Waals surface area contributed by atoms with Crippen molar-refractivity contribution in [2.45, 2.75) is 13.0 Å². The average molecular weight is 362 g/mol. The van der Waals surface area contributed by atoms with Crippen LogP contribution in [0.4, 0.5) is 0 Å². The number of H-pyrrole nitrogens is 1. The van der Waals surface area contributed by atoms with E-state index in [1.165, 1.54) is 0 Å². The van der Waals surface area contributed by atoms with Crippen LogP contribution in [0.5, 0.6) is 0 Å². The Bertz CT molecular complexity index is 985. The Morgan fingerprint density at radius 1 is 1.17 bits per heavy atom. The predicted molar refractivity (Wildman–Crippen MR) is 94.7 cm³/mol. The van der Waals surface area contributed by atoms with Crippen molar-refractivity contribution in [2.75, 3.05) is 0 Å². The minimum Gasteiger partial charge on any atom is -0.344 e. The summed E-state index contributed by atoms with van der Waals surface area (Å²) in [5, 5.41) is 11.0. The van der Waals surface area contributed by atoms with E-state index >= 15 is 0 Å². The highest BCUT2D eigenvalue weighted by atomic mass is 35.5. The van der Waals surface area contributed by atoms with E-state index in [4.69, 9.17) is 23.2 Å². The highest BCUT2D eigenvalue weighted by molar-refractivity contribution is 6.35. The lowest BCUT2D eigenvalue weighted by atomic mass is 10.1. The molecule has 1 aromatic heterocycles. The molecule has 0 aliphatic heterocycles. The standard InChI is InChI=1S/C17H13Cl2N3O2/c1-9(11-7-6-10(18)8-14(11)19)20-17(24)15-12-4-2-3-5-13(12)16(23)22-21-15/h2-9H,1H3,(H,20,24)(H,22,23)/t9-/m1/s1. The van der Waals surface area contributed by atoms with Crippen LogP contribution in [0.1, 0.15) is 29.0 Å². The number of rotatable bonds is 3. The number of carbonyl (C=O) groups is 1. The van der Waals surface area contributed by atoms with E-state index in [0.717, 1.165) is 5.56 Å². The molecule has 0 aliphatic rings. The first kappa shape index (κ1) is 16.5. The zero-order chi connectivity index (χ0) is 17.3. The lowest BCUT2D eigenvalue weighted by Gasteiger charge is -2.16. The van der Waals surface area contributed by atoms with Crippen LogP contribution in [0.25, 0.3) is 10.8 Å². The molecule has 122 valence electrons. The van der Waals surface area contributed by atoms with E-state index in [-0.39, 0.29) is 17.3 Å². The van der Waals surface area contributed by atoms with Crippen molar-refractivity contribution in [1.82, 2.24) is 15.5 Å². The Kier molecular flexibility index (Phi) is 4.55. The number of amides is 1. The molecule has 0 unspecified atom stereocenters. The molecule has 0 spiro atoms. The van der Waals surface area contributed by atoms with Crippen molar-refractivity contribution in [3.8, 4) is 0 Å². The van der Waals surface area contributed by atoms with E-state index in [1.807, 2.05) is 0 Å². The third-order valence-corrected chi connectivity index (χ3v) is 4.25. The first-order chi connectivity index (χ1) is 11.5. The van der Waals surface area contributed by atoms with Crippen LogP contribution < -0.4 is 10.9 Å². The fourth-order valence-corrected chi connectivity index (χ4v) is 3.06. The predicted octanol–water partition coefficient (Wildman–Crippen LogP) is 3.72. The minimum atomic E-state index is -0.402. The van der Waals surface area contributed by atoms with Crippen molar-refractivity contribution in [1.29, 1.82) is 0 Å². The van der Waals surface area contributed by atoms with Crippen molar-refractivity contribution in [3.05, 3.63) is 74.1 Å². The summed E-state index contributed by atoms with van der Waals surface area (Å²) in [6, 6.07) is 11.5. The molecule has 0 saturated carbocycles. The molecule has 1 atom stereocenters. The number of benzene rings is 2. The normalized spacial score (nSPS) is 12.1. The Hall–Kier alpha value is -2.37. The molecule has 7 heteroatoms. The third kappa shape index (κ3) is 3.13. The Labute approximate surface area is 147 Å². The molecule has 1 heterocycles. The second-order valence-corrected chi connectivity index (χ2v) is 6.15. The summed E-state index contributed by atoms with van der Waals surface area (Å²) >= 11 is 12.1. The van der Waals surface area contributed by atoms with Crippen molar-refractivity contribution >= 4 is 39.9 Å². The summed E-state index contributed by atoms with van der Waals surface area (Å²) in [4.78, 5) is 24.4. The average Bonchev–Trinajstić information content (AvgIpc) is 2.55. The van der Waals surface area contributed by atoms with Gasteiger partial charge in [-0.2, -0.15) is 5.10 Å². The molecule has 3 aromatic rings. The quantitative estimate of drug-likeness (QED) is 0.746. The van der Waals surface area contributed by atoms with Crippen molar-refractivity contribution in [2.24, 2.45) is 0 Å². The van der Waals surface area contributed by atoms with Gasteiger partial charge in [0.2, 0.25) is 0 Å². The lowest BCUT2D eigenvalue weighted by molar-refractivity contribution is 0.0935. The fraction of sp³-hybridized carbons (Fsp3) is 0.118. The topological polar surface area (TPSA) is 74.8 Å². The second kappa shape index (κ2) is 6.63. The molecule has 0 aliphatic carbocycles. The number of aromatic amines is 1. The first-order valence-corrected chi connectivity index (χ1v) is 7.96. The van der Waals surface area contributed by atoms with E-state index in [9.17, 15) is 9.59 Å². The van der Waals surface area contributed by atoms with E-state index in [0.29, 0.717) is 20.8 Å². The van der Waals surface area contributed by atoms with Crippen LogP contribution in [0.15, 0.2) is 47.3 Å². The largest absolute Gasteiger partial charge is 0.344 e. The van der Waals surface area contributed by atoms with Gasteiger partial charge in [0.15, 0.2) is 5.69 Å². The van der Waals surface area contributed by atoms with Crippen LogP contribution in [-0.2, 0) is 0 Å². The van der Waals surface area contributed by atoms with E-state index < -0.39 is 5.91 Å². The lowest BCUT2D eigenvalue weighted by Crippen LogP contribution is -2.29. The van der Waals surface area contributed by atoms with Gasteiger partial charge in [0, 0.05) is 15.4 Å². The summed E-state index contributed by atoms with van der Waals surface area (Å²) in [7, 11) is 0. The summed E-state index contributed by atoms with van der Waals surface area (Å²) in [5.74, 6) is -0.402. The highest BCUT2D eigenvalue weighted by Gasteiger charge is 2.18. The van der Waals surface area contributed by atoms with Crippen molar-refractivity contribution < 1.29 is 4.79 Å². The van der Waals surface area contributed by atoms with Gasteiger partial charge < -0.3 is 5.32 Å². The molecule has 3 rings (SSSR count). The maximum atomic E-state index is 12.6. The molecular formula is C17H13Cl2N3O2. The van der Waals surface area contributed by atoms with Gasteiger partial charge in [0.05, 0.1) is 11.4 Å². The van der Waals surface area contributed by atoms with Gasteiger partial charge in [-0.15, -0.1) is 0 Å². The molecule has 0 radical (unpaired) electrons. The first-order valence-electron chi connectivity index (χ1n) is 7.20. The molecule has 5 nitrogen and oxygen atoms in total. The molecule has 0 fully saturated rings. The number of hydrogen-bond donors (Lipinski definition) is 2. The third-order valence-electron chi connectivity index (χ3n) is 3.69. The Morgan fingerprint density at radius 3 is 2.58 bits per heavy atom. The van der Waals surface area contributed by atoms with Crippen LogP contribution >= 0.6 is 23.2 Å². The fourth-order valence-electron chi connectivity index (χ4n) is 2.48. The molecular weight excluding hydrogens is 349 g/mol. The van der Waals surface area contributed by atoms with Gasteiger partial charge in [-0.05, 0) is 30.7 Å². The summed E-state index contributed by atoms with van der Waals surface area (Å²) in [6.07, 6.45) is 0. The monoisotopic (exact) mass is 361 g/mol. The maximum absolute atomic E-state index is 12.6. The Balaban J connectivity index is 1.93. The number of nitrogens with one attached hydrogen (secondary N) is 2. The zero-order valence-electron chi connectivity index (χ0n) is 12.6. The van der Waals surface area contributed by atoms with Crippen LogP contribution in [-0.4, -0.2) is 16.1 Å². The molecule has 2 aromatic carbocycles. The molecule has 0 bridgehead atoms. The smallest absolute Gasteiger partial charge is 0.272 e. The molecule has 2 N–H and O–H groups in total. The van der Waals surface area contributed by atoms with Gasteiger partial charge in [-0.3, -0.25) is 9.59 Å². The number of hydrogen-bond acceptors (Lipinski definition) is 3. The number of aromatic nitrogens is 2. The SMILES string of the molecule is C[C@@H](NC(=O)c1n[nH]c(=O)c2ccccc12)c1ccc(Cl)cc1Cl.